The molecule has 6 heteroatoms. The fraction of sp³-hybridized carbons (Fsp3) is 0.462. The van der Waals surface area contributed by atoms with Crippen molar-refractivity contribution in [3.63, 3.8) is 0 Å². The summed E-state index contributed by atoms with van der Waals surface area (Å²) in [5.41, 5.74) is 0.687. The summed E-state index contributed by atoms with van der Waals surface area (Å²) in [6, 6.07) is 2.83. The number of rotatable bonds is 4. The zero-order chi connectivity index (χ0) is 13.8. The van der Waals surface area contributed by atoms with E-state index < -0.39 is 5.97 Å². The number of aromatic nitrogens is 1. The Bertz CT molecular complexity index is 495. The van der Waals surface area contributed by atoms with Crippen molar-refractivity contribution in [2.45, 2.75) is 13.3 Å². The van der Waals surface area contributed by atoms with Crippen LogP contribution < -0.4 is 5.32 Å². The molecular weight excluding hydrogens is 248 g/mol. The van der Waals surface area contributed by atoms with Gasteiger partial charge in [-0.15, -0.1) is 0 Å². The molecular formula is C13H16N2O4. The second-order valence-electron chi connectivity index (χ2n) is 4.57. The lowest BCUT2D eigenvalue weighted by Crippen LogP contribution is -2.30. The molecule has 0 bridgehead atoms. The smallest absolute Gasteiger partial charge is 0.337 e. The lowest BCUT2D eigenvalue weighted by atomic mass is 10.1. The van der Waals surface area contributed by atoms with Gasteiger partial charge in [0.2, 0.25) is 0 Å². The molecule has 0 saturated carbocycles. The fourth-order valence-corrected chi connectivity index (χ4v) is 1.99. The van der Waals surface area contributed by atoms with Crippen LogP contribution >= 0.6 is 0 Å². The second kappa shape index (κ2) is 5.79. The summed E-state index contributed by atoms with van der Waals surface area (Å²) in [6.07, 6.45) is 0.949. The van der Waals surface area contributed by atoms with Crippen LogP contribution in [-0.2, 0) is 4.74 Å². The van der Waals surface area contributed by atoms with E-state index in [1.807, 2.05) is 0 Å². The molecule has 2 rings (SSSR count). The quantitative estimate of drug-likeness (QED) is 0.841. The predicted octanol–water partition coefficient (Wildman–Crippen LogP) is 0.855. The average Bonchev–Trinajstić information content (AvgIpc) is 2.88. The lowest BCUT2D eigenvalue weighted by Gasteiger charge is -2.09. The third kappa shape index (κ3) is 3.29. The van der Waals surface area contributed by atoms with Crippen LogP contribution in [0.1, 0.15) is 33.0 Å². The molecule has 2 N–H and O–H groups in total. The molecule has 1 unspecified atom stereocenters. The number of amides is 1. The van der Waals surface area contributed by atoms with Crippen molar-refractivity contribution < 1.29 is 19.4 Å². The van der Waals surface area contributed by atoms with E-state index in [1.165, 1.54) is 12.1 Å². The first-order valence-electron chi connectivity index (χ1n) is 6.15. The van der Waals surface area contributed by atoms with E-state index in [-0.39, 0.29) is 17.2 Å². The molecule has 1 atom stereocenters. The largest absolute Gasteiger partial charge is 0.478 e. The number of nitrogens with one attached hydrogen (secondary N) is 1. The van der Waals surface area contributed by atoms with Crippen LogP contribution in [0.25, 0.3) is 0 Å². The highest BCUT2D eigenvalue weighted by Crippen LogP contribution is 2.11. The Kier molecular flexibility index (Phi) is 4.11. The van der Waals surface area contributed by atoms with Crippen LogP contribution in [0.15, 0.2) is 12.1 Å². The number of carboxylic acids is 1. The number of pyridine rings is 1. The van der Waals surface area contributed by atoms with Gasteiger partial charge >= 0.3 is 5.97 Å². The summed E-state index contributed by atoms with van der Waals surface area (Å²) < 4.78 is 5.22. The van der Waals surface area contributed by atoms with E-state index in [4.69, 9.17) is 9.84 Å². The molecule has 0 radical (unpaired) electrons. The molecule has 102 valence electrons. The Morgan fingerprint density at radius 2 is 2.32 bits per heavy atom. The van der Waals surface area contributed by atoms with Gasteiger partial charge in [-0.1, -0.05) is 0 Å². The van der Waals surface area contributed by atoms with Crippen molar-refractivity contribution >= 4 is 11.9 Å². The predicted molar refractivity (Wildman–Crippen MR) is 67.2 cm³/mol. The van der Waals surface area contributed by atoms with Gasteiger partial charge in [0.1, 0.15) is 5.69 Å². The molecule has 19 heavy (non-hydrogen) atoms. The van der Waals surface area contributed by atoms with Gasteiger partial charge < -0.3 is 15.2 Å². The number of carbonyl (C=O) groups excluding carboxylic acids is 1. The summed E-state index contributed by atoms with van der Waals surface area (Å²) in [6.45, 7) is 3.54. The fourth-order valence-electron chi connectivity index (χ4n) is 1.99. The van der Waals surface area contributed by atoms with Gasteiger partial charge in [0.25, 0.3) is 5.91 Å². The molecule has 6 nitrogen and oxygen atoms in total. The van der Waals surface area contributed by atoms with Crippen molar-refractivity contribution in [3.05, 3.63) is 29.1 Å². The van der Waals surface area contributed by atoms with E-state index in [1.54, 1.807) is 6.92 Å². The van der Waals surface area contributed by atoms with Crippen LogP contribution in [0.4, 0.5) is 0 Å². The Labute approximate surface area is 110 Å². The number of hydrogen-bond donors (Lipinski definition) is 2. The van der Waals surface area contributed by atoms with Gasteiger partial charge in [0, 0.05) is 19.1 Å². The first-order valence-corrected chi connectivity index (χ1v) is 6.15. The summed E-state index contributed by atoms with van der Waals surface area (Å²) in [5, 5.41) is 11.7. The number of ether oxygens (including phenoxy) is 1. The second-order valence-corrected chi connectivity index (χ2v) is 4.57. The molecule has 0 aromatic carbocycles. The van der Waals surface area contributed by atoms with E-state index in [9.17, 15) is 9.59 Å². The molecule has 1 saturated heterocycles. The molecule has 1 aromatic rings. The minimum atomic E-state index is -1.04. The topological polar surface area (TPSA) is 88.5 Å². The number of carboxylic acid groups (broad SMARTS) is 1. The summed E-state index contributed by atoms with van der Waals surface area (Å²) >= 11 is 0. The molecule has 1 aliphatic heterocycles. The highest BCUT2D eigenvalue weighted by atomic mass is 16.5. The van der Waals surface area contributed by atoms with Gasteiger partial charge in [-0.25, -0.2) is 9.78 Å². The van der Waals surface area contributed by atoms with Crippen molar-refractivity contribution in [2.24, 2.45) is 5.92 Å². The first-order chi connectivity index (χ1) is 9.08. The van der Waals surface area contributed by atoms with Crippen molar-refractivity contribution in [1.29, 1.82) is 0 Å². The SMILES string of the molecule is Cc1nc(C(=O)NCC2CCOC2)ccc1C(=O)O. The molecule has 1 aliphatic rings. The maximum absolute atomic E-state index is 11.9. The summed E-state index contributed by atoms with van der Waals surface area (Å²) in [5.74, 6) is -0.977. The normalized spacial score (nSPS) is 18.3. The number of hydrogen-bond acceptors (Lipinski definition) is 4. The van der Waals surface area contributed by atoms with E-state index >= 15 is 0 Å². The standard InChI is InChI=1S/C13H16N2O4/c1-8-10(13(17)18)2-3-11(15-8)12(16)14-6-9-4-5-19-7-9/h2-3,9H,4-7H2,1H3,(H,14,16)(H,17,18). The first kappa shape index (κ1) is 13.5. The Morgan fingerprint density at radius 3 is 2.89 bits per heavy atom. The molecule has 1 aromatic heterocycles. The van der Waals surface area contributed by atoms with Crippen LogP contribution in [0.5, 0.6) is 0 Å². The van der Waals surface area contributed by atoms with Gasteiger partial charge in [-0.05, 0) is 25.5 Å². The lowest BCUT2D eigenvalue weighted by molar-refractivity contribution is 0.0694. The average molecular weight is 264 g/mol. The maximum Gasteiger partial charge on any atom is 0.337 e. The molecule has 0 spiro atoms. The van der Waals surface area contributed by atoms with Crippen LogP contribution in [0, 0.1) is 12.8 Å². The third-order valence-electron chi connectivity index (χ3n) is 3.12. The Hall–Kier alpha value is -1.95. The van der Waals surface area contributed by atoms with Gasteiger partial charge in [0.15, 0.2) is 0 Å². The zero-order valence-corrected chi connectivity index (χ0v) is 10.7. The van der Waals surface area contributed by atoms with Gasteiger partial charge in [0.05, 0.1) is 17.9 Å². The van der Waals surface area contributed by atoms with Crippen LogP contribution in [-0.4, -0.2) is 41.7 Å². The Balaban J connectivity index is 1.98. The van der Waals surface area contributed by atoms with Crippen LogP contribution in [0.3, 0.4) is 0 Å². The van der Waals surface area contributed by atoms with Crippen molar-refractivity contribution in [2.75, 3.05) is 19.8 Å². The third-order valence-corrected chi connectivity index (χ3v) is 3.12. The summed E-state index contributed by atoms with van der Waals surface area (Å²) in [4.78, 5) is 26.7. The van der Waals surface area contributed by atoms with E-state index in [0.29, 0.717) is 24.8 Å². The highest BCUT2D eigenvalue weighted by molar-refractivity contribution is 5.94. The monoisotopic (exact) mass is 264 g/mol. The minimum Gasteiger partial charge on any atom is -0.478 e. The van der Waals surface area contributed by atoms with Crippen molar-refractivity contribution in [1.82, 2.24) is 10.3 Å². The molecule has 1 amide bonds. The van der Waals surface area contributed by atoms with Crippen LogP contribution in [0.2, 0.25) is 0 Å². The molecule has 2 heterocycles. The highest BCUT2D eigenvalue weighted by Gasteiger charge is 2.18. The summed E-state index contributed by atoms with van der Waals surface area (Å²) in [7, 11) is 0. The van der Waals surface area contributed by atoms with Crippen molar-refractivity contribution in [3.8, 4) is 0 Å². The van der Waals surface area contributed by atoms with E-state index in [0.717, 1.165) is 13.0 Å². The minimum absolute atomic E-state index is 0.112. The number of aryl methyl sites for hydroxylation is 1. The van der Waals surface area contributed by atoms with E-state index in [2.05, 4.69) is 10.3 Å². The number of aromatic carboxylic acids is 1. The molecule has 0 aliphatic carbocycles. The Morgan fingerprint density at radius 1 is 1.53 bits per heavy atom. The van der Waals surface area contributed by atoms with Gasteiger partial charge in [-0.3, -0.25) is 4.79 Å². The van der Waals surface area contributed by atoms with Gasteiger partial charge in [-0.2, -0.15) is 0 Å². The zero-order valence-electron chi connectivity index (χ0n) is 10.7. The number of nitrogens with zero attached hydrogens (tertiary/aromatic N) is 1. The maximum atomic E-state index is 11.9. The number of carbonyl (C=O) groups is 2. The molecule has 1 fully saturated rings.